The molecule has 0 aromatic heterocycles. The summed E-state index contributed by atoms with van der Waals surface area (Å²) >= 11 is 0. The molecule has 2 N–H and O–H groups in total. The fraction of sp³-hybridized carbons (Fsp3) is 0.478. The van der Waals surface area contributed by atoms with E-state index in [2.05, 4.69) is 0 Å². The second kappa shape index (κ2) is 7.14. The first-order chi connectivity index (χ1) is 13.0. The Morgan fingerprint density at radius 3 is 1.41 bits per heavy atom. The molecule has 2 saturated carbocycles. The minimum absolute atomic E-state index is 0.0924. The average molecular weight is 372 g/mol. The van der Waals surface area contributed by atoms with Gasteiger partial charge in [0, 0.05) is 11.1 Å². The number of phenolic OH excluding ortho intramolecular Hbond substituents is 2. The maximum atomic E-state index is 15.3. The van der Waals surface area contributed by atoms with Crippen LogP contribution in [0.4, 0.5) is 8.78 Å². The lowest BCUT2D eigenvalue weighted by Crippen LogP contribution is -2.16. The Balaban J connectivity index is 1.70. The van der Waals surface area contributed by atoms with E-state index in [1.165, 1.54) is 36.4 Å². The molecule has 2 nitrogen and oxygen atoms in total. The summed E-state index contributed by atoms with van der Waals surface area (Å²) in [6.45, 7) is 0. The molecule has 27 heavy (non-hydrogen) atoms. The molecule has 144 valence electrons. The number of aromatic hydroxyl groups is 2. The molecule has 2 aliphatic rings. The Morgan fingerprint density at radius 2 is 1.04 bits per heavy atom. The third kappa shape index (κ3) is 3.42. The molecule has 2 aromatic rings. The molecule has 0 heterocycles. The van der Waals surface area contributed by atoms with E-state index in [4.69, 9.17) is 0 Å². The van der Waals surface area contributed by atoms with Crippen LogP contribution in [-0.4, -0.2) is 10.2 Å². The molecular formula is C23H26F2O2. The highest BCUT2D eigenvalue weighted by Gasteiger charge is 2.36. The van der Waals surface area contributed by atoms with Gasteiger partial charge in [-0.2, -0.15) is 8.78 Å². The molecule has 0 amide bonds. The average Bonchev–Trinajstić information content (AvgIpc) is 3.36. The summed E-state index contributed by atoms with van der Waals surface area (Å²) in [5.74, 6) is -2.62. The SMILES string of the molecule is Oc1ccc(C(F)(F)c2ccc(O)c(C3CCCC3)c2)cc1C1CCCC1. The van der Waals surface area contributed by atoms with Crippen LogP contribution in [0.5, 0.6) is 11.5 Å². The lowest BCUT2D eigenvalue weighted by Gasteiger charge is -2.22. The van der Waals surface area contributed by atoms with Crippen LogP contribution in [0.25, 0.3) is 0 Å². The molecule has 0 bridgehead atoms. The van der Waals surface area contributed by atoms with Gasteiger partial charge in [0.15, 0.2) is 0 Å². The lowest BCUT2D eigenvalue weighted by atomic mass is 9.89. The first-order valence-electron chi connectivity index (χ1n) is 10.0. The Kier molecular flexibility index (Phi) is 4.83. The molecule has 0 aliphatic heterocycles. The minimum Gasteiger partial charge on any atom is -0.508 e. The highest BCUT2D eigenvalue weighted by molar-refractivity contribution is 5.47. The number of hydrogen-bond donors (Lipinski definition) is 2. The number of halogens is 2. The van der Waals surface area contributed by atoms with E-state index in [1.54, 1.807) is 0 Å². The fourth-order valence-electron chi connectivity index (χ4n) is 4.79. The zero-order chi connectivity index (χ0) is 19.0. The van der Waals surface area contributed by atoms with Gasteiger partial charge in [0.25, 0.3) is 5.92 Å². The van der Waals surface area contributed by atoms with Crippen LogP contribution in [0.2, 0.25) is 0 Å². The quantitative estimate of drug-likeness (QED) is 0.638. The summed E-state index contributed by atoms with van der Waals surface area (Å²) in [7, 11) is 0. The monoisotopic (exact) mass is 372 g/mol. The lowest BCUT2D eigenvalue weighted by molar-refractivity contribution is 0.0425. The molecule has 0 atom stereocenters. The smallest absolute Gasteiger partial charge is 0.298 e. The van der Waals surface area contributed by atoms with E-state index in [0.29, 0.717) is 11.1 Å². The molecule has 2 aromatic carbocycles. The van der Waals surface area contributed by atoms with Gasteiger partial charge in [-0.3, -0.25) is 0 Å². The van der Waals surface area contributed by atoms with Crippen LogP contribution >= 0.6 is 0 Å². The summed E-state index contributed by atoms with van der Waals surface area (Å²) in [5.41, 5.74) is 1.09. The summed E-state index contributed by atoms with van der Waals surface area (Å²) < 4.78 is 30.6. The second-order valence-corrected chi connectivity index (χ2v) is 8.08. The van der Waals surface area contributed by atoms with E-state index in [-0.39, 0.29) is 34.5 Å². The van der Waals surface area contributed by atoms with Crippen molar-refractivity contribution in [3.8, 4) is 11.5 Å². The van der Waals surface area contributed by atoms with E-state index >= 15 is 8.78 Å². The predicted molar refractivity (Wildman–Crippen MR) is 102 cm³/mol. The zero-order valence-electron chi connectivity index (χ0n) is 15.4. The van der Waals surface area contributed by atoms with Crippen molar-refractivity contribution < 1.29 is 19.0 Å². The Bertz CT molecular complexity index is 752. The molecule has 4 heteroatoms. The first-order valence-corrected chi connectivity index (χ1v) is 10.0. The van der Waals surface area contributed by atoms with Gasteiger partial charge in [-0.1, -0.05) is 25.7 Å². The van der Waals surface area contributed by atoms with E-state index < -0.39 is 5.92 Å². The van der Waals surface area contributed by atoms with Crippen molar-refractivity contribution in [2.75, 3.05) is 0 Å². The van der Waals surface area contributed by atoms with Crippen LogP contribution in [0.1, 0.15) is 85.5 Å². The third-order valence-electron chi connectivity index (χ3n) is 6.37. The van der Waals surface area contributed by atoms with Gasteiger partial charge in [-0.25, -0.2) is 0 Å². The molecule has 0 radical (unpaired) electrons. The van der Waals surface area contributed by atoms with Crippen LogP contribution in [0, 0.1) is 0 Å². The van der Waals surface area contributed by atoms with Gasteiger partial charge in [0.1, 0.15) is 11.5 Å². The summed E-state index contributed by atoms with van der Waals surface area (Å²) in [6.07, 6.45) is 8.06. The van der Waals surface area contributed by atoms with Crippen molar-refractivity contribution in [2.24, 2.45) is 0 Å². The molecular weight excluding hydrogens is 346 g/mol. The molecule has 4 rings (SSSR count). The molecule has 2 aliphatic carbocycles. The summed E-state index contributed by atoms with van der Waals surface area (Å²) in [6, 6.07) is 8.39. The van der Waals surface area contributed by atoms with Gasteiger partial charge < -0.3 is 10.2 Å². The van der Waals surface area contributed by atoms with Gasteiger partial charge in [-0.15, -0.1) is 0 Å². The zero-order valence-corrected chi connectivity index (χ0v) is 15.4. The molecule has 0 saturated heterocycles. The summed E-state index contributed by atoms with van der Waals surface area (Å²) in [4.78, 5) is 0. The maximum absolute atomic E-state index is 15.3. The fourth-order valence-corrected chi connectivity index (χ4v) is 4.79. The van der Waals surface area contributed by atoms with E-state index in [0.717, 1.165) is 51.4 Å². The van der Waals surface area contributed by atoms with E-state index in [9.17, 15) is 10.2 Å². The van der Waals surface area contributed by atoms with E-state index in [1.807, 2.05) is 0 Å². The van der Waals surface area contributed by atoms with Crippen LogP contribution in [0.15, 0.2) is 36.4 Å². The van der Waals surface area contributed by atoms with Crippen molar-refractivity contribution in [3.05, 3.63) is 58.7 Å². The standard InChI is InChI=1S/C23H26F2O2/c24-23(25,17-9-11-21(26)19(13-17)15-5-1-2-6-15)18-10-12-22(27)20(14-18)16-7-3-4-8-16/h9-16,26-27H,1-8H2. The normalized spacial score (nSPS) is 19.0. The van der Waals surface area contributed by atoms with Gasteiger partial charge in [0.05, 0.1) is 0 Å². The predicted octanol–water partition coefficient (Wildman–Crippen LogP) is 6.55. The summed E-state index contributed by atoms with van der Waals surface area (Å²) in [5, 5.41) is 20.4. The van der Waals surface area contributed by atoms with Crippen molar-refractivity contribution in [2.45, 2.75) is 69.1 Å². The van der Waals surface area contributed by atoms with Gasteiger partial charge in [0.2, 0.25) is 0 Å². The van der Waals surface area contributed by atoms with Crippen molar-refractivity contribution >= 4 is 0 Å². The van der Waals surface area contributed by atoms with Crippen molar-refractivity contribution in [1.29, 1.82) is 0 Å². The highest BCUT2D eigenvalue weighted by Crippen LogP contribution is 2.45. The number of phenols is 2. The minimum atomic E-state index is -3.16. The molecule has 0 unspecified atom stereocenters. The highest BCUT2D eigenvalue weighted by atomic mass is 19.3. The second-order valence-electron chi connectivity index (χ2n) is 8.08. The largest absolute Gasteiger partial charge is 0.508 e. The van der Waals surface area contributed by atoms with Gasteiger partial charge in [-0.05, 0) is 85.0 Å². The number of rotatable bonds is 4. The van der Waals surface area contributed by atoms with Crippen LogP contribution in [-0.2, 0) is 5.92 Å². The Labute approximate surface area is 158 Å². The van der Waals surface area contributed by atoms with Crippen molar-refractivity contribution in [1.82, 2.24) is 0 Å². The molecule has 2 fully saturated rings. The van der Waals surface area contributed by atoms with Crippen molar-refractivity contribution in [3.63, 3.8) is 0 Å². The van der Waals surface area contributed by atoms with Gasteiger partial charge >= 0.3 is 0 Å². The van der Waals surface area contributed by atoms with Crippen LogP contribution < -0.4 is 0 Å². The molecule has 0 spiro atoms. The van der Waals surface area contributed by atoms with Crippen LogP contribution in [0.3, 0.4) is 0 Å². The maximum Gasteiger partial charge on any atom is 0.298 e. The number of benzene rings is 2. The Morgan fingerprint density at radius 1 is 0.667 bits per heavy atom. The number of hydrogen-bond acceptors (Lipinski definition) is 2. The first kappa shape index (κ1) is 18.3. The topological polar surface area (TPSA) is 40.5 Å². The number of alkyl halides is 2. The Hall–Kier alpha value is -2.10. The third-order valence-corrected chi connectivity index (χ3v) is 6.37.